The van der Waals surface area contributed by atoms with Crippen molar-refractivity contribution in [1.29, 1.82) is 0 Å². The van der Waals surface area contributed by atoms with Gasteiger partial charge in [-0.2, -0.15) is 0 Å². The lowest BCUT2D eigenvalue weighted by atomic mass is 10.2. The number of carbonyl (C=O) groups excluding carboxylic acids is 1. The first-order valence-corrected chi connectivity index (χ1v) is 11.8. The standard InChI is InChI=1S/C25H30ClN7O3/c1-31-9-11-33(12-10-31)18-7-5-17(6-8-18)29-22-15-23(28-16-27-22)32(2)25(34)30-20-13-19(35-3)14-21(36-4)24(20)26/h5-8,13-16H,9-12H2,1-4H3,(H,30,34)(H,27,28,29). The van der Waals surface area contributed by atoms with Gasteiger partial charge in [-0.15, -0.1) is 0 Å². The molecule has 1 saturated heterocycles. The lowest BCUT2D eigenvalue weighted by Crippen LogP contribution is -2.44. The second kappa shape index (κ2) is 11.3. The predicted molar refractivity (Wildman–Crippen MR) is 143 cm³/mol. The van der Waals surface area contributed by atoms with Gasteiger partial charge in [-0.1, -0.05) is 11.6 Å². The summed E-state index contributed by atoms with van der Waals surface area (Å²) in [4.78, 5) is 27.5. The fourth-order valence-corrected chi connectivity index (χ4v) is 4.03. The molecule has 0 radical (unpaired) electrons. The van der Waals surface area contributed by atoms with Crippen LogP contribution in [0.5, 0.6) is 11.5 Å². The van der Waals surface area contributed by atoms with Crippen LogP contribution in [0.1, 0.15) is 0 Å². The van der Waals surface area contributed by atoms with Gasteiger partial charge in [0.15, 0.2) is 0 Å². The summed E-state index contributed by atoms with van der Waals surface area (Å²) in [5.41, 5.74) is 2.44. The topological polar surface area (TPSA) is 95.1 Å². The van der Waals surface area contributed by atoms with Crippen molar-refractivity contribution in [1.82, 2.24) is 14.9 Å². The summed E-state index contributed by atoms with van der Waals surface area (Å²) in [5, 5.41) is 6.32. The van der Waals surface area contributed by atoms with Crippen LogP contribution >= 0.6 is 11.6 Å². The molecule has 1 aliphatic rings. The van der Waals surface area contributed by atoms with Crippen LogP contribution in [0.25, 0.3) is 0 Å². The Kier molecular flexibility index (Phi) is 7.97. The van der Waals surface area contributed by atoms with Crippen LogP contribution < -0.4 is 29.9 Å². The number of rotatable bonds is 7. The monoisotopic (exact) mass is 511 g/mol. The van der Waals surface area contributed by atoms with Gasteiger partial charge in [0.1, 0.15) is 34.5 Å². The predicted octanol–water partition coefficient (Wildman–Crippen LogP) is 4.31. The Morgan fingerprint density at radius 1 is 1.03 bits per heavy atom. The smallest absolute Gasteiger partial charge is 0.327 e. The van der Waals surface area contributed by atoms with Crippen molar-refractivity contribution in [3.63, 3.8) is 0 Å². The number of nitrogens with one attached hydrogen (secondary N) is 2. The average Bonchev–Trinajstić information content (AvgIpc) is 2.90. The van der Waals surface area contributed by atoms with Crippen molar-refractivity contribution in [2.75, 3.05) is 74.9 Å². The van der Waals surface area contributed by atoms with Crippen LogP contribution in [0.15, 0.2) is 48.8 Å². The van der Waals surface area contributed by atoms with E-state index in [2.05, 4.69) is 49.6 Å². The van der Waals surface area contributed by atoms with Crippen LogP contribution in [0.3, 0.4) is 0 Å². The Hall–Kier alpha value is -3.76. The van der Waals surface area contributed by atoms with Gasteiger partial charge in [0, 0.05) is 62.8 Å². The Morgan fingerprint density at radius 2 is 1.75 bits per heavy atom. The molecular weight excluding hydrogens is 482 g/mol. The molecule has 11 heteroatoms. The summed E-state index contributed by atoms with van der Waals surface area (Å²) in [6.45, 7) is 4.14. The number of benzene rings is 2. The zero-order valence-electron chi connectivity index (χ0n) is 20.8. The van der Waals surface area contributed by atoms with Gasteiger partial charge in [0.05, 0.1) is 19.9 Å². The third-order valence-electron chi connectivity index (χ3n) is 6.02. The highest BCUT2D eigenvalue weighted by molar-refractivity contribution is 6.35. The Balaban J connectivity index is 1.43. The average molecular weight is 512 g/mol. The molecule has 36 heavy (non-hydrogen) atoms. The number of likely N-dealkylation sites (N-methyl/N-ethyl adjacent to an activating group) is 1. The van der Waals surface area contributed by atoms with Crippen molar-refractivity contribution in [2.45, 2.75) is 0 Å². The second-order valence-corrected chi connectivity index (χ2v) is 8.78. The number of methoxy groups -OCH3 is 2. The van der Waals surface area contributed by atoms with Crippen LogP contribution in [0.4, 0.5) is 33.5 Å². The molecule has 0 aliphatic carbocycles. The van der Waals surface area contributed by atoms with Gasteiger partial charge in [0.2, 0.25) is 0 Å². The molecule has 0 atom stereocenters. The number of piperazine rings is 1. The summed E-state index contributed by atoms with van der Waals surface area (Å²) < 4.78 is 10.5. The number of hydrogen-bond acceptors (Lipinski definition) is 8. The highest BCUT2D eigenvalue weighted by atomic mass is 35.5. The Labute approximate surface area is 215 Å². The molecule has 1 fully saturated rings. The lowest BCUT2D eigenvalue weighted by molar-refractivity contribution is 0.258. The maximum atomic E-state index is 12.9. The largest absolute Gasteiger partial charge is 0.497 e. The molecule has 0 unspecified atom stereocenters. The van der Waals surface area contributed by atoms with Crippen molar-refractivity contribution < 1.29 is 14.3 Å². The van der Waals surface area contributed by atoms with Crippen molar-refractivity contribution in [3.05, 3.63) is 53.8 Å². The SMILES string of the molecule is COc1cc(NC(=O)N(C)c2cc(Nc3ccc(N4CCN(C)CC4)cc3)ncn2)c(Cl)c(OC)c1. The van der Waals surface area contributed by atoms with Gasteiger partial charge < -0.3 is 29.9 Å². The van der Waals surface area contributed by atoms with E-state index in [0.717, 1.165) is 31.9 Å². The molecule has 2 amide bonds. The van der Waals surface area contributed by atoms with Crippen molar-refractivity contribution in [2.24, 2.45) is 0 Å². The lowest BCUT2D eigenvalue weighted by Gasteiger charge is -2.34. The molecule has 1 aromatic heterocycles. The van der Waals surface area contributed by atoms with E-state index in [1.54, 1.807) is 25.2 Å². The normalized spacial score (nSPS) is 13.8. The first-order chi connectivity index (χ1) is 17.4. The van der Waals surface area contributed by atoms with E-state index in [-0.39, 0.29) is 5.02 Å². The maximum Gasteiger partial charge on any atom is 0.327 e. The molecule has 0 saturated carbocycles. The number of amides is 2. The summed E-state index contributed by atoms with van der Waals surface area (Å²) in [6, 6.07) is 12.8. The van der Waals surface area contributed by atoms with E-state index >= 15 is 0 Å². The van der Waals surface area contributed by atoms with Crippen LogP contribution in [0.2, 0.25) is 5.02 Å². The third-order valence-corrected chi connectivity index (χ3v) is 6.41. The van der Waals surface area contributed by atoms with Gasteiger partial charge >= 0.3 is 6.03 Å². The first-order valence-electron chi connectivity index (χ1n) is 11.5. The van der Waals surface area contributed by atoms with Crippen molar-refractivity contribution >= 4 is 46.3 Å². The molecule has 1 aliphatic heterocycles. The molecular formula is C25H30ClN7O3. The maximum absolute atomic E-state index is 12.9. The summed E-state index contributed by atoms with van der Waals surface area (Å²) >= 11 is 6.36. The van der Waals surface area contributed by atoms with Crippen LogP contribution in [-0.4, -0.2) is 75.4 Å². The van der Waals surface area contributed by atoms with E-state index in [4.69, 9.17) is 21.1 Å². The molecule has 2 N–H and O–H groups in total. The van der Waals surface area contributed by atoms with Gasteiger partial charge in [-0.3, -0.25) is 4.90 Å². The minimum absolute atomic E-state index is 0.269. The quantitative estimate of drug-likeness (QED) is 0.484. The van der Waals surface area contributed by atoms with Crippen molar-refractivity contribution in [3.8, 4) is 11.5 Å². The number of ether oxygens (including phenoxy) is 2. The molecule has 10 nitrogen and oxygen atoms in total. The number of carbonyl (C=O) groups is 1. The van der Waals surface area contributed by atoms with Crippen LogP contribution in [-0.2, 0) is 0 Å². The van der Waals surface area contributed by atoms with E-state index in [9.17, 15) is 4.79 Å². The van der Waals surface area contributed by atoms with E-state index in [1.165, 1.54) is 31.1 Å². The van der Waals surface area contributed by atoms with E-state index in [0.29, 0.717) is 28.8 Å². The van der Waals surface area contributed by atoms with E-state index in [1.807, 2.05) is 12.1 Å². The fraction of sp³-hybridized carbons (Fsp3) is 0.320. The molecule has 2 aromatic carbocycles. The highest BCUT2D eigenvalue weighted by Gasteiger charge is 2.18. The number of aromatic nitrogens is 2. The summed E-state index contributed by atoms with van der Waals surface area (Å²) in [7, 11) is 6.77. The first kappa shape index (κ1) is 25.3. The minimum Gasteiger partial charge on any atom is -0.497 e. The molecule has 4 rings (SSSR count). The van der Waals surface area contributed by atoms with Crippen LogP contribution in [0, 0.1) is 0 Å². The zero-order valence-corrected chi connectivity index (χ0v) is 21.5. The minimum atomic E-state index is -0.437. The van der Waals surface area contributed by atoms with Gasteiger partial charge in [0.25, 0.3) is 0 Å². The number of nitrogens with zero attached hydrogens (tertiary/aromatic N) is 5. The van der Waals surface area contributed by atoms with Gasteiger partial charge in [-0.05, 0) is 31.3 Å². The number of anilines is 5. The molecule has 2 heterocycles. The van der Waals surface area contributed by atoms with Gasteiger partial charge in [-0.25, -0.2) is 14.8 Å². The number of halogens is 1. The third kappa shape index (κ3) is 5.89. The summed E-state index contributed by atoms with van der Waals surface area (Å²) in [5.74, 6) is 1.86. The highest BCUT2D eigenvalue weighted by Crippen LogP contribution is 2.36. The van der Waals surface area contributed by atoms with E-state index < -0.39 is 6.03 Å². The molecule has 0 bridgehead atoms. The molecule has 190 valence electrons. The number of urea groups is 1. The zero-order chi connectivity index (χ0) is 25.7. The molecule has 3 aromatic rings. The fourth-order valence-electron chi connectivity index (χ4n) is 3.80. The Bertz CT molecular complexity index is 1200. The molecule has 0 spiro atoms. The number of hydrogen-bond donors (Lipinski definition) is 2. The summed E-state index contributed by atoms with van der Waals surface area (Å²) in [6.07, 6.45) is 1.40. The second-order valence-electron chi connectivity index (χ2n) is 8.40. The Morgan fingerprint density at radius 3 is 2.42 bits per heavy atom.